The second-order valence-electron chi connectivity index (χ2n) is 16.9. The second-order valence-corrected chi connectivity index (χ2v) is 16.9. The highest BCUT2D eigenvalue weighted by atomic mass is 19.1. The number of amides is 4. The van der Waals surface area contributed by atoms with Gasteiger partial charge >= 0.3 is 0 Å². The maximum atomic E-state index is 13.1. The zero-order chi connectivity index (χ0) is 48.2. The van der Waals surface area contributed by atoms with Gasteiger partial charge in [0.15, 0.2) is 17.5 Å². The minimum atomic E-state index is -1.14. The number of aromatic nitrogens is 8. The Labute approximate surface area is 396 Å². The van der Waals surface area contributed by atoms with Crippen LogP contribution in [0.3, 0.4) is 0 Å². The first-order chi connectivity index (χ1) is 34.0. The highest BCUT2D eigenvalue weighted by molar-refractivity contribution is 6.17. The van der Waals surface area contributed by atoms with Gasteiger partial charge in [0.2, 0.25) is 35.4 Å². The predicted octanol–water partition coefficient (Wildman–Crippen LogP) is 8.46. The molecule has 5 heterocycles. The Kier molecular flexibility index (Phi) is 12.3. The molecule has 21 heteroatoms. The molecule has 0 spiro atoms. The van der Waals surface area contributed by atoms with Gasteiger partial charge in [-0.3, -0.25) is 24.3 Å². The molecule has 3 aliphatic rings. The minimum absolute atomic E-state index is 0.153. The SMILES string of the molecule is O=C(Nc1ccc(F)cc1)C1(C(=O)Nc2ccc(Oc3ncnc4[nH]ncc34)cc2)CC1.O=C(Nc1ccc(F)cc1)C1(C(=O)Nc2ccc(Oc3ncnc4c3cnn4C3CCCCO3)cc2)CC1. The average Bonchev–Trinajstić information content (AvgIpc) is 4.28. The Morgan fingerprint density at radius 1 is 0.586 bits per heavy atom. The van der Waals surface area contributed by atoms with E-state index in [0.717, 1.165) is 19.3 Å². The third kappa shape index (κ3) is 9.67. The molecule has 3 fully saturated rings. The van der Waals surface area contributed by atoms with Crippen molar-refractivity contribution in [1.29, 1.82) is 0 Å². The van der Waals surface area contributed by atoms with Crippen LogP contribution in [0.5, 0.6) is 23.3 Å². The summed E-state index contributed by atoms with van der Waals surface area (Å²) in [5.41, 5.74) is 0.862. The van der Waals surface area contributed by atoms with Crippen LogP contribution in [-0.2, 0) is 23.9 Å². The smallest absolute Gasteiger partial charge is 0.240 e. The Morgan fingerprint density at radius 3 is 1.50 bits per heavy atom. The molecular formula is C49H42F2N12O7. The zero-order valence-corrected chi connectivity index (χ0v) is 37.0. The molecule has 1 atom stereocenters. The first-order valence-electron chi connectivity index (χ1n) is 22.3. The zero-order valence-electron chi connectivity index (χ0n) is 37.0. The number of rotatable bonds is 13. The highest BCUT2D eigenvalue weighted by Gasteiger charge is 2.57. The topological polar surface area (TPSA) is 242 Å². The summed E-state index contributed by atoms with van der Waals surface area (Å²) >= 11 is 0. The lowest BCUT2D eigenvalue weighted by Crippen LogP contribution is -2.35. The van der Waals surface area contributed by atoms with E-state index in [1.165, 1.54) is 61.2 Å². The van der Waals surface area contributed by atoms with Gasteiger partial charge in [0.05, 0.1) is 12.4 Å². The molecule has 4 amide bonds. The lowest BCUT2D eigenvalue weighted by atomic mass is 10.0. The summed E-state index contributed by atoms with van der Waals surface area (Å²) in [4.78, 5) is 68.0. The largest absolute Gasteiger partial charge is 0.438 e. The van der Waals surface area contributed by atoms with Crippen molar-refractivity contribution in [2.24, 2.45) is 10.8 Å². The Balaban J connectivity index is 0.000000165. The number of nitrogens with one attached hydrogen (secondary N) is 5. The maximum absolute atomic E-state index is 13.1. The fraction of sp³-hybridized carbons (Fsp3) is 0.224. The number of anilines is 4. The third-order valence-electron chi connectivity index (χ3n) is 12.1. The van der Waals surface area contributed by atoms with E-state index in [2.05, 4.69) is 56.5 Å². The molecule has 1 unspecified atom stereocenters. The van der Waals surface area contributed by atoms with Crippen molar-refractivity contribution in [3.8, 4) is 23.3 Å². The Hall–Kier alpha value is -8.72. The Morgan fingerprint density at radius 2 is 1.04 bits per heavy atom. The standard InChI is InChI=1S/C27H25FN6O4.C22H17FN6O3/c28-17-4-6-18(7-5-17)32-25(35)27(12-13-27)26(36)33-19-8-10-20(11-9-19)38-24-21-15-31-34(23(21)29-16-30-24)22-3-1-2-14-37-22;23-13-1-3-14(4-2-13)27-20(30)22(9-10-22)21(31)28-15-5-7-16(8-6-15)32-19-17-11-26-29-18(17)24-12-25-19/h4-11,15-16,22H,1-3,12-14H2,(H,32,35)(H,33,36);1-8,11-12H,9-10H2,(H,27,30)(H,28,31)(H,24,25,26,29). The molecule has 11 rings (SSSR count). The number of hydrogen-bond acceptors (Lipinski definition) is 13. The van der Waals surface area contributed by atoms with E-state index in [0.29, 0.717) is 100 Å². The Bertz CT molecular complexity index is 3210. The van der Waals surface area contributed by atoms with Crippen LogP contribution < -0.4 is 30.7 Å². The summed E-state index contributed by atoms with van der Waals surface area (Å²) in [7, 11) is 0. The van der Waals surface area contributed by atoms with E-state index in [9.17, 15) is 28.0 Å². The molecule has 5 N–H and O–H groups in total. The van der Waals surface area contributed by atoms with Crippen LogP contribution >= 0.6 is 0 Å². The maximum Gasteiger partial charge on any atom is 0.240 e. The number of aromatic amines is 1. The first kappa shape index (κ1) is 45.1. The monoisotopic (exact) mass is 948 g/mol. The predicted molar refractivity (Wildman–Crippen MR) is 250 cm³/mol. The van der Waals surface area contributed by atoms with Crippen LogP contribution in [0.25, 0.3) is 22.1 Å². The van der Waals surface area contributed by atoms with E-state index in [-0.39, 0.29) is 18.0 Å². The summed E-state index contributed by atoms with van der Waals surface area (Å²) in [6.45, 7) is 0.698. The van der Waals surface area contributed by atoms with Gasteiger partial charge in [0, 0.05) is 29.4 Å². The molecule has 4 aromatic carbocycles. The van der Waals surface area contributed by atoms with Gasteiger partial charge in [-0.25, -0.2) is 33.4 Å². The molecule has 8 aromatic rings. The van der Waals surface area contributed by atoms with Crippen LogP contribution in [-0.4, -0.2) is 70.1 Å². The molecule has 2 saturated carbocycles. The third-order valence-corrected chi connectivity index (χ3v) is 12.1. The molecular weight excluding hydrogens is 907 g/mol. The van der Waals surface area contributed by atoms with Gasteiger partial charge in [-0.15, -0.1) is 0 Å². The van der Waals surface area contributed by atoms with Crippen molar-refractivity contribution in [1.82, 2.24) is 39.9 Å². The number of H-pyrrole nitrogens is 1. The summed E-state index contributed by atoms with van der Waals surface area (Å²) < 4.78 is 45.6. The van der Waals surface area contributed by atoms with Crippen molar-refractivity contribution < 1.29 is 42.2 Å². The van der Waals surface area contributed by atoms with Crippen molar-refractivity contribution in [3.63, 3.8) is 0 Å². The van der Waals surface area contributed by atoms with Crippen LogP contribution in [0, 0.1) is 22.5 Å². The highest BCUT2D eigenvalue weighted by Crippen LogP contribution is 2.48. The van der Waals surface area contributed by atoms with E-state index < -0.39 is 34.3 Å². The van der Waals surface area contributed by atoms with Crippen molar-refractivity contribution in [2.45, 2.75) is 51.2 Å². The van der Waals surface area contributed by atoms with Gasteiger partial charge in [-0.05, 0) is 142 Å². The van der Waals surface area contributed by atoms with Gasteiger partial charge in [-0.2, -0.15) is 10.2 Å². The number of benzene rings is 4. The number of fused-ring (bicyclic) bond motifs is 2. The molecule has 0 bridgehead atoms. The van der Waals surface area contributed by atoms with Crippen molar-refractivity contribution in [3.05, 3.63) is 134 Å². The fourth-order valence-corrected chi connectivity index (χ4v) is 7.74. The van der Waals surface area contributed by atoms with E-state index in [4.69, 9.17) is 14.2 Å². The van der Waals surface area contributed by atoms with Crippen molar-refractivity contribution >= 4 is 68.4 Å². The molecule has 2 aliphatic carbocycles. The number of carbonyl (C=O) groups is 4. The number of hydrogen-bond donors (Lipinski definition) is 5. The lowest BCUT2D eigenvalue weighted by Gasteiger charge is -2.22. The van der Waals surface area contributed by atoms with Crippen LogP contribution in [0.1, 0.15) is 51.2 Å². The number of nitrogens with zero attached hydrogens (tertiary/aromatic N) is 7. The van der Waals surface area contributed by atoms with Crippen LogP contribution in [0.15, 0.2) is 122 Å². The summed E-state index contributed by atoms with van der Waals surface area (Å²) in [6.07, 6.45) is 10.7. The minimum Gasteiger partial charge on any atom is -0.438 e. The quantitative estimate of drug-likeness (QED) is 0.0682. The van der Waals surface area contributed by atoms with Gasteiger partial charge in [0.1, 0.15) is 57.4 Å². The summed E-state index contributed by atoms with van der Waals surface area (Å²) in [5, 5.41) is 23.4. The number of halogens is 2. The molecule has 1 saturated heterocycles. The summed E-state index contributed by atoms with van der Waals surface area (Å²) in [6, 6.07) is 24.3. The van der Waals surface area contributed by atoms with E-state index in [1.807, 2.05) is 0 Å². The fourth-order valence-electron chi connectivity index (χ4n) is 7.74. The molecule has 354 valence electrons. The molecule has 4 aromatic heterocycles. The van der Waals surface area contributed by atoms with Crippen molar-refractivity contribution in [2.75, 3.05) is 27.9 Å². The number of ether oxygens (including phenoxy) is 3. The number of carbonyl (C=O) groups excluding carboxylic acids is 4. The normalized spacial score (nSPS) is 16.2. The van der Waals surface area contributed by atoms with Gasteiger partial charge < -0.3 is 35.5 Å². The molecule has 0 radical (unpaired) electrons. The van der Waals surface area contributed by atoms with Crippen LogP contribution in [0.4, 0.5) is 31.5 Å². The van der Waals surface area contributed by atoms with E-state index >= 15 is 0 Å². The lowest BCUT2D eigenvalue weighted by molar-refractivity contribution is -0.132. The molecule has 70 heavy (non-hydrogen) atoms. The molecule has 1 aliphatic heterocycles. The van der Waals surface area contributed by atoms with Gasteiger partial charge in [-0.1, -0.05) is 0 Å². The first-order valence-corrected chi connectivity index (χ1v) is 22.3. The summed E-state index contributed by atoms with van der Waals surface area (Å²) in [5.74, 6) is -0.645. The molecule has 19 nitrogen and oxygen atoms in total. The second kappa shape index (κ2) is 19.1. The van der Waals surface area contributed by atoms with E-state index in [1.54, 1.807) is 65.6 Å². The average molecular weight is 949 g/mol. The van der Waals surface area contributed by atoms with Gasteiger partial charge in [0.25, 0.3) is 0 Å². The van der Waals surface area contributed by atoms with Crippen LogP contribution in [0.2, 0.25) is 0 Å².